The van der Waals surface area contributed by atoms with E-state index in [1.807, 2.05) is 0 Å². The number of non-ortho nitro benzene ring substituents is 1. The van der Waals surface area contributed by atoms with E-state index in [1.165, 1.54) is 42.5 Å². The zero-order valence-corrected chi connectivity index (χ0v) is 15.7. The maximum atomic E-state index is 13.2. The number of nitrogens with zero attached hydrogens (tertiary/aromatic N) is 3. The molecule has 0 saturated carbocycles. The van der Waals surface area contributed by atoms with Crippen LogP contribution in [0.5, 0.6) is 0 Å². The van der Waals surface area contributed by atoms with Crippen molar-refractivity contribution >= 4 is 35.3 Å². The number of hydrogen-bond acceptors (Lipinski definition) is 5. The number of nitrogens with one attached hydrogen (secondary N) is 1. The Balaban J connectivity index is 1.71. The number of halogens is 1. The SMILES string of the molecule is O=C1NC(=O)N(c2ccc(F)cc2)C(=O)/C1=C/c1cccn1-c1ccc([N+](=O)[O-])cc1. The Bertz CT molecular complexity index is 1250. The second-order valence-electron chi connectivity index (χ2n) is 6.51. The van der Waals surface area contributed by atoms with Gasteiger partial charge in [0.1, 0.15) is 11.4 Å². The highest BCUT2D eigenvalue weighted by atomic mass is 19.1. The van der Waals surface area contributed by atoms with Crippen molar-refractivity contribution in [2.45, 2.75) is 0 Å². The summed E-state index contributed by atoms with van der Waals surface area (Å²) in [6.45, 7) is 0. The highest BCUT2D eigenvalue weighted by Gasteiger charge is 2.37. The molecule has 1 saturated heterocycles. The molecule has 1 fully saturated rings. The van der Waals surface area contributed by atoms with Crippen LogP contribution in [-0.2, 0) is 9.59 Å². The number of nitro benzene ring substituents is 1. The van der Waals surface area contributed by atoms with E-state index in [1.54, 1.807) is 22.9 Å². The summed E-state index contributed by atoms with van der Waals surface area (Å²) >= 11 is 0. The minimum Gasteiger partial charge on any atom is -0.317 e. The smallest absolute Gasteiger partial charge is 0.317 e. The molecule has 2 aromatic carbocycles. The standard InChI is InChI=1S/C21H13FN4O5/c22-13-3-5-15(6-4-13)25-20(28)18(19(27)23-21(25)29)12-17-2-1-11-24(17)14-7-9-16(10-8-14)26(30)31/h1-12H,(H,23,27,29)/b18-12+. The molecule has 10 heteroatoms. The van der Waals surface area contributed by atoms with Crippen molar-refractivity contribution < 1.29 is 23.7 Å². The second-order valence-corrected chi connectivity index (χ2v) is 6.51. The zero-order chi connectivity index (χ0) is 22.1. The van der Waals surface area contributed by atoms with E-state index >= 15 is 0 Å². The fourth-order valence-corrected chi connectivity index (χ4v) is 3.11. The summed E-state index contributed by atoms with van der Waals surface area (Å²) in [5.41, 5.74) is 0.725. The third-order valence-electron chi connectivity index (χ3n) is 4.60. The molecule has 154 valence electrons. The molecular formula is C21H13FN4O5. The summed E-state index contributed by atoms with van der Waals surface area (Å²) in [6.07, 6.45) is 2.96. The number of carbonyl (C=O) groups is 3. The number of anilines is 1. The lowest BCUT2D eigenvalue weighted by atomic mass is 10.1. The number of benzene rings is 2. The lowest BCUT2D eigenvalue weighted by molar-refractivity contribution is -0.384. The number of nitro groups is 1. The Morgan fingerprint density at radius 2 is 1.58 bits per heavy atom. The molecule has 0 aliphatic carbocycles. The van der Waals surface area contributed by atoms with Gasteiger partial charge < -0.3 is 4.57 Å². The van der Waals surface area contributed by atoms with E-state index in [9.17, 15) is 28.9 Å². The number of hydrogen-bond donors (Lipinski definition) is 1. The Kier molecular flexibility index (Phi) is 4.88. The Labute approximate surface area is 174 Å². The number of imide groups is 2. The van der Waals surface area contributed by atoms with Gasteiger partial charge >= 0.3 is 6.03 Å². The van der Waals surface area contributed by atoms with Crippen LogP contribution < -0.4 is 10.2 Å². The van der Waals surface area contributed by atoms with Crippen LogP contribution in [0, 0.1) is 15.9 Å². The van der Waals surface area contributed by atoms with Crippen LogP contribution in [0.3, 0.4) is 0 Å². The summed E-state index contributed by atoms with van der Waals surface area (Å²) in [4.78, 5) is 48.6. The average Bonchev–Trinajstić information content (AvgIpc) is 3.20. The van der Waals surface area contributed by atoms with Gasteiger partial charge in [0.2, 0.25) is 0 Å². The molecule has 9 nitrogen and oxygen atoms in total. The van der Waals surface area contributed by atoms with E-state index in [0.717, 1.165) is 17.0 Å². The number of amides is 4. The molecule has 4 amide bonds. The third-order valence-corrected chi connectivity index (χ3v) is 4.60. The molecule has 4 rings (SSSR count). The lowest BCUT2D eigenvalue weighted by Gasteiger charge is -2.26. The normalized spacial score (nSPS) is 15.3. The fraction of sp³-hybridized carbons (Fsp3) is 0. The Morgan fingerprint density at radius 1 is 0.935 bits per heavy atom. The summed E-state index contributed by atoms with van der Waals surface area (Å²) < 4.78 is 14.8. The van der Waals surface area contributed by atoms with Gasteiger partial charge in [-0.15, -0.1) is 0 Å². The summed E-state index contributed by atoms with van der Waals surface area (Å²) in [5, 5.41) is 12.9. The van der Waals surface area contributed by atoms with Crippen molar-refractivity contribution in [2.75, 3.05) is 4.90 Å². The predicted molar refractivity (Wildman–Crippen MR) is 108 cm³/mol. The summed E-state index contributed by atoms with van der Waals surface area (Å²) in [5.74, 6) is -2.27. The molecule has 0 bridgehead atoms. The summed E-state index contributed by atoms with van der Waals surface area (Å²) in [6, 6.07) is 12.8. The number of aromatic nitrogens is 1. The van der Waals surface area contributed by atoms with E-state index in [4.69, 9.17) is 0 Å². The first kappa shape index (κ1) is 19.7. The first-order valence-electron chi connectivity index (χ1n) is 8.94. The van der Waals surface area contributed by atoms with Crippen LogP contribution in [0.25, 0.3) is 11.8 Å². The molecule has 0 radical (unpaired) electrons. The van der Waals surface area contributed by atoms with Crippen molar-refractivity contribution in [2.24, 2.45) is 0 Å². The largest absolute Gasteiger partial charge is 0.335 e. The molecule has 2 heterocycles. The zero-order valence-electron chi connectivity index (χ0n) is 15.7. The minimum absolute atomic E-state index is 0.0777. The number of barbiturate groups is 1. The summed E-state index contributed by atoms with van der Waals surface area (Å²) in [7, 11) is 0. The van der Waals surface area contributed by atoms with Gasteiger partial charge in [0.25, 0.3) is 17.5 Å². The molecule has 1 N–H and O–H groups in total. The number of carbonyl (C=O) groups excluding carboxylic acids is 3. The molecule has 3 aromatic rings. The van der Waals surface area contributed by atoms with Crippen molar-refractivity contribution in [3.05, 3.63) is 94.1 Å². The van der Waals surface area contributed by atoms with Crippen LogP contribution in [0.2, 0.25) is 0 Å². The van der Waals surface area contributed by atoms with Crippen LogP contribution in [0.1, 0.15) is 5.69 Å². The van der Waals surface area contributed by atoms with Gasteiger partial charge in [-0.2, -0.15) is 0 Å². The van der Waals surface area contributed by atoms with Gasteiger partial charge in [0, 0.05) is 29.7 Å². The van der Waals surface area contributed by atoms with E-state index in [-0.39, 0.29) is 16.9 Å². The topological polar surface area (TPSA) is 115 Å². The molecule has 0 spiro atoms. The number of rotatable bonds is 4. The highest BCUT2D eigenvalue weighted by Crippen LogP contribution is 2.24. The highest BCUT2D eigenvalue weighted by molar-refractivity contribution is 6.39. The maximum Gasteiger partial charge on any atom is 0.335 e. The predicted octanol–water partition coefficient (Wildman–Crippen LogP) is 3.19. The monoisotopic (exact) mass is 420 g/mol. The molecule has 0 unspecified atom stereocenters. The Hall–Kier alpha value is -4.60. The second kappa shape index (κ2) is 7.67. The van der Waals surface area contributed by atoms with Crippen molar-refractivity contribution in [3.63, 3.8) is 0 Å². The van der Waals surface area contributed by atoms with Gasteiger partial charge in [0.15, 0.2) is 0 Å². The van der Waals surface area contributed by atoms with Gasteiger partial charge in [0.05, 0.1) is 10.6 Å². The quantitative estimate of drug-likeness (QED) is 0.301. The maximum absolute atomic E-state index is 13.2. The van der Waals surface area contributed by atoms with Gasteiger partial charge in [-0.3, -0.25) is 25.0 Å². The van der Waals surface area contributed by atoms with Crippen LogP contribution in [-0.4, -0.2) is 27.3 Å². The molecule has 0 atom stereocenters. The molecular weight excluding hydrogens is 407 g/mol. The van der Waals surface area contributed by atoms with Crippen LogP contribution in [0.4, 0.5) is 20.6 Å². The average molecular weight is 420 g/mol. The van der Waals surface area contributed by atoms with Gasteiger partial charge in [-0.1, -0.05) is 0 Å². The van der Waals surface area contributed by atoms with Gasteiger partial charge in [-0.25, -0.2) is 14.1 Å². The fourth-order valence-electron chi connectivity index (χ4n) is 3.11. The van der Waals surface area contributed by atoms with Crippen molar-refractivity contribution in [1.82, 2.24) is 9.88 Å². The minimum atomic E-state index is -0.940. The molecule has 1 aliphatic rings. The molecule has 1 aromatic heterocycles. The molecule has 31 heavy (non-hydrogen) atoms. The third kappa shape index (κ3) is 3.69. The van der Waals surface area contributed by atoms with E-state index < -0.39 is 28.6 Å². The first-order valence-corrected chi connectivity index (χ1v) is 8.94. The number of urea groups is 1. The van der Waals surface area contributed by atoms with Crippen LogP contribution >= 0.6 is 0 Å². The van der Waals surface area contributed by atoms with Crippen LogP contribution in [0.15, 0.2) is 72.4 Å². The Morgan fingerprint density at radius 3 is 2.23 bits per heavy atom. The first-order chi connectivity index (χ1) is 14.8. The van der Waals surface area contributed by atoms with E-state index in [2.05, 4.69) is 5.32 Å². The van der Waals surface area contributed by atoms with Crippen molar-refractivity contribution in [1.29, 1.82) is 0 Å². The van der Waals surface area contributed by atoms with Gasteiger partial charge in [-0.05, 0) is 54.6 Å². The van der Waals surface area contributed by atoms with Crippen molar-refractivity contribution in [3.8, 4) is 5.69 Å². The van der Waals surface area contributed by atoms with E-state index in [0.29, 0.717) is 11.4 Å². The molecule has 1 aliphatic heterocycles. The lowest BCUT2D eigenvalue weighted by Crippen LogP contribution is -2.54.